The van der Waals surface area contributed by atoms with Crippen molar-refractivity contribution in [1.29, 1.82) is 0 Å². The molecule has 0 bridgehead atoms. The molecule has 5 heteroatoms. The fourth-order valence-corrected chi connectivity index (χ4v) is 3.36. The Hall–Kier alpha value is -0.710. The lowest BCUT2D eigenvalue weighted by Crippen LogP contribution is -2.43. The van der Waals surface area contributed by atoms with E-state index in [9.17, 15) is 9.90 Å². The average molecular weight is 300 g/mol. The molecule has 1 aromatic carbocycles. The van der Waals surface area contributed by atoms with Gasteiger partial charge >= 0.3 is 0 Å². The van der Waals surface area contributed by atoms with Gasteiger partial charge in [0, 0.05) is 18.0 Å². The molecule has 1 N–H and O–H groups in total. The molecular weight excluding hydrogens is 282 g/mol. The summed E-state index contributed by atoms with van der Waals surface area (Å²) in [6, 6.07) is 7.56. The van der Waals surface area contributed by atoms with Gasteiger partial charge in [0.1, 0.15) is 0 Å². The molecule has 3 nitrogen and oxygen atoms in total. The Labute approximate surface area is 122 Å². The standard InChI is InChI=1S/C14H18ClNO2S/c1-10(19-13-5-3-2-4-12(13)15)14(18)16-8-6-11(17)7-9-16/h2-5,10-11,17H,6-9H2,1H3. The second-order valence-electron chi connectivity index (χ2n) is 4.75. The topological polar surface area (TPSA) is 40.5 Å². The van der Waals surface area contributed by atoms with E-state index in [4.69, 9.17) is 11.6 Å². The van der Waals surface area contributed by atoms with Crippen LogP contribution in [0.15, 0.2) is 29.2 Å². The van der Waals surface area contributed by atoms with Crippen LogP contribution in [0.2, 0.25) is 5.02 Å². The molecule has 1 atom stereocenters. The van der Waals surface area contributed by atoms with Gasteiger partial charge in [0.15, 0.2) is 0 Å². The monoisotopic (exact) mass is 299 g/mol. The van der Waals surface area contributed by atoms with E-state index in [-0.39, 0.29) is 17.3 Å². The van der Waals surface area contributed by atoms with Gasteiger partial charge in [-0.3, -0.25) is 4.79 Å². The van der Waals surface area contributed by atoms with Crippen LogP contribution in [0.25, 0.3) is 0 Å². The summed E-state index contributed by atoms with van der Waals surface area (Å²) in [5, 5.41) is 9.98. The molecule has 1 unspecified atom stereocenters. The van der Waals surface area contributed by atoms with Crippen molar-refractivity contribution in [2.24, 2.45) is 0 Å². The highest BCUT2D eigenvalue weighted by atomic mass is 35.5. The second kappa shape index (κ2) is 6.64. The van der Waals surface area contributed by atoms with Crippen molar-refractivity contribution >= 4 is 29.3 Å². The molecule has 1 aliphatic heterocycles. The van der Waals surface area contributed by atoms with E-state index >= 15 is 0 Å². The van der Waals surface area contributed by atoms with Crippen LogP contribution >= 0.6 is 23.4 Å². The summed E-state index contributed by atoms with van der Waals surface area (Å²) >= 11 is 7.59. The summed E-state index contributed by atoms with van der Waals surface area (Å²) in [5.41, 5.74) is 0. The molecule has 1 saturated heterocycles. The van der Waals surface area contributed by atoms with Gasteiger partial charge < -0.3 is 10.0 Å². The van der Waals surface area contributed by atoms with Crippen molar-refractivity contribution in [1.82, 2.24) is 4.90 Å². The Balaban J connectivity index is 1.94. The van der Waals surface area contributed by atoms with Gasteiger partial charge in [-0.25, -0.2) is 0 Å². The van der Waals surface area contributed by atoms with Crippen molar-refractivity contribution in [3.8, 4) is 0 Å². The van der Waals surface area contributed by atoms with E-state index in [0.717, 1.165) is 4.90 Å². The Bertz CT molecular complexity index is 447. The van der Waals surface area contributed by atoms with Crippen LogP contribution < -0.4 is 0 Å². The highest BCUT2D eigenvalue weighted by Crippen LogP contribution is 2.31. The van der Waals surface area contributed by atoms with Crippen LogP contribution in [0, 0.1) is 0 Å². The summed E-state index contributed by atoms with van der Waals surface area (Å²) in [6.45, 7) is 3.20. The molecule has 19 heavy (non-hydrogen) atoms. The summed E-state index contributed by atoms with van der Waals surface area (Å²) in [6.07, 6.45) is 1.10. The molecule has 1 aliphatic rings. The van der Waals surface area contributed by atoms with E-state index < -0.39 is 0 Å². The lowest BCUT2D eigenvalue weighted by Gasteiger charge is -2.31. The number of benzene rings is 1. The number of likely N-dealkylation sites (tertiary alicyclic amines) is 1. The SMILES string of the molecule is CC(Sc1ccccc1Cl)C(=O)N1CCC(O)CC1. The predicted octanol–water partition coefficient (Wildman–Crippen LogP) is 2.80. The maximum absolute atomic E-state index is 12.3. The van der Waals surface area contributed by atoms with E-state index in [1.807, 2.05) is 36.1 Å². The Morgan fingerprint density at radius 3 is 2.68 bits per heavy atom. The smallest absolute Gasteiger partial charge is 0.235 e. The Morgan fingerprint density at radius 2 is 2.05 bits per heavy atom. The number of carbonyl (C=O) groups is 1. The number of piperidine rings is 1. The molecular formula is C14H18ClNO2S. The summed E-state index contributed by atoms with van der Waals surface area (Å²) in [4.78, 5) is 15.1. The first-order chi connectivity index (χ1) is 9.08. The number of nitrogens with zero attached hydrogens (tertiary/aromatic N) is 1. The predicted molar refractivity (Wildman–Crippen MR) is 78.6 cm³/mol. The van der Waals surface area contributed by atoms with E-state index in [1.165, 1.54) is 11.8 Å². The van der Waals surface area contributed by atoms with E-state index in [2.05, 4.69) is 0 Å². The third kappa shape index (κ3) is 3.88. The lowest BCUT2D eigenvalue weighted by molar-refractivity contribution is -0.132. The molecule has 0 radical (unpaired) electrons. The quantitative estimate of drug-likeness (QED) is 0.873. The first kappa shape index (κ1) is 14.7. The van der Waals surface area contributed by atoms with Gasteiger partial charge in [-0.05, 0) is 31.9 Å². The zero-order valence-electron chi connectivity index (χ0n) is 10.9. The highest BCUT2D eigenvalue weighted by Gasteiger charge is 2.25. The summed E-state index contributed by atoms with van der Waals surface area (Å²) < 4.78 is 0. The second-order valence-corrected chi connectivity index (χ2v) is 6.54. The first-order valence-corrected chi connectivity index (χ1v) is 7.71. The number of halogens is 1. The number of aliphatic hydroxyl groups excluding tert-OH is 1. The fourth-order valence-electron chi connectivity index (χ4n) is 2.12. The molecule has 1 amide bonds. The number of hydrogen-bond donors (Lipinski definition) is 1. The van der Waals surface area contributed by atoms with Crippen LogP contribution in [0.4, 0.5) is 0 Å². The van der Waals surface area contributed by atoms with Crippen molar-refractivity contribution in [3.63, 3.8) is 0 Å². The van der Waals surface area contributed by atoms with Gasteiger partial charge in [-0.15, -0.1) is 11.8 Å². The van der Waals surface area contributed by atoms with Crippen LogP contribution in [-0.4, -0.2) is 40.4 Å². The molecule has 1 heterocycles. The third-order valence-corrected chi connectivity index (χ3v) is 4.87. The zero-order chi connectivity index (χ0) is 13.8. The molecule has 0 aromatic heterocycles. The number of hydrogen-bond acceptors (Lipinski definition) is 3. The maximum Gasteiger partial charge on any atom is 0.235 e. The Morgan fingerprint density at radius 1 is 1.42 bits per heavy atom. The normalized spacial score (nSPS) is 18.4. The van der Waals surface area contributed by atoms with E-state index in [0.29, 0.717) is 31.0 Å². The van der Waals surface area contributed by atoms with Gasteiger partial charge in [0.2, 0.25) is 5.91 Å². The van der Waals surface area contributed by atoms with Gasteiger partial charge in [-0.2, -0.15) is 0 Å². The van der Waals surface area contributed by atoms with Crippen LogP contribution in [-0.2, 0) is 4.79 Å². The zero-order valence-corrected chi connectivity index (χ0v) is 12.5. The molecule has 0 spiro atoms. The van der Waals surface area contributed by atoms with Gasteiger partial charge in [-0.1, -0.05) is 23.7 Å². The first-order valence-electron chi connectivity index (χ1n) is 6.46. The van der Waals surface area contributed by atoms with Crippen LogP contribution in [0.5, 0.6) is 0 Å². The van der Waals surface area contributed by atoms with Crippen molar-refractivity contribution in [2.75, 3.05) is 13.1 Å². The largest absolute Gasteiger partial charge is 0.393 e. The molecule has 2 rings (SSSR count). The number of thioether (sulfide) groups is 1. The van der Waals surface area contributed by atoms with E-state index in [1.54, 1.807) is 0 Å². The summed E-state index contributed by atoms with van der Waals surface area (Å²) in [7, 11) is 0. The average Bonchev–Trinajstić information content (AvgIpc) is 2.41. The minimum absolute atomic E-state index is 0.122. The minimum atomic E-state index is -0.254. The fraction of sp³-hybridized carbons (Fsp3) is 0.500. The lowest BCUT2D eigenvalue weighted by atomic mass is 10.1. The van der Waals surface area contributed by atoms with Crippen molar-refractivity contribution < 1.29 is 9.90 Å². The Kier molecular flexibility index (Phi) is 5.13. The minimum Gasteiger partial charge on any atom is -0.393 e. The highest BCUT2D eigenvalue weighted by molar-refractivity contribution is 8.00. The number of rotatable bonds is 3. The van der Waals surface area contributed by atoms with Gasteiger partial charge in [0.25, 0.3) is 0 Å². The summed E-state index contributed by atoms with van der Waals surface area (Å²) in [5.74, 6) is 0.122. The number of aliphatic hydroxyl groups is 1. The molecule has 1 aromatic rings. The third-order valence-electron chi connectivity index (χ3n) is 3.26. The number of carbonyl (C=O) groups excluding carboxylic acids is 1. The van der Waals surface area contributed by atoms with Crippen LogP contribution in [0.1, 0.15) is 19.8 Å². The molecule has 1 fully saturated rings. The molecule has 0 saturated carbocycles. The van der Waals surface area contributed by atoms with Crippen molar-refractivity contribution in [2.45, 2.75) is 36.0 Å². The number of amides is 1. The van der Waals surface area contributed by atoms with Crippen molar-refractivity contribution in [3.05, 3.63) is 29.3 Å². The molecule has 104 valence electrons. The maximum atomic E-state index is 12.3. The molecule has 0 aliphatic carbocycles. The van der Waals surface area contributed by atoms with Gasteiger partial charge in [0.05, 0.1) is 16.4 Å². The van der Waals surface area contributed by atoms with Crippen LogP contribution in [0.3, 0.4) is 0 Å².